The lowest BCUT2D eigenvalue weighted by molar-refractivity contribution is -0.121. The number of aliphatic imine (C=N–C) groups is 1. The number of nitrogens with one attached hydrogen (secondary N) is 3. The lowest BCUT2D eigenvalue weighted by atomic mass is 9.83. The zero-order chi connectivity index (χ0) is 40.9. The van der Waals surface area contributed by atoms with Crippen LogP contribution in [-0.4, -0.2) is 86.0 Å². The van der Waals surface area contributed by atoms with Crippen molar-refractivity contribution in [3.8, 4) is 0 Å². The number of nitrogens with zero attached hydrogens (tertiary/aromatic N) is 2. The summed E-state index contributed by atoms with van der Waals surface area (Å²) in [7, 11) is 1.55. The first kappa shape index (κ1) is 43.7. The molecule has 57 heavy (non-hydrogen) atoms. The molecule has 1 aliphatic carbocycles. The number of benzene rings is 1. The van der Waals surface area contributed by atoms with Gasteiger partial charge in [-0.05, 0) is 79.7 Å². The smallest absolute Gasteiger partial charge is 0.319 e. The first-order chi connectivity index (χ1) is 27.5. The number of rotatable bonds is 16. The second-order valence-corrected chi connectivity index (χ2v) is 15.4. The lowest BCUT2D eigenvalue weighted by Gasteiger charge is -2.28. The summed E-state index contributed by atoms with van der Waals surface area (Å²) in [6, 6.07) is 9.13. The van der Waals surface area contributed by atoms with Crippen molar-refractivity contribution in [1.82, 2.24) is 20.9 Å². The highest BCUT2D eigenvalue weighted by Crippen LogP contribution is 2.36. The molecule has 13 heteroatoms. The minimum atomic E-state index is -1.44. The van der Waals surface area contributed by atoms with Crippen molar-refractivity contribution in [3.63, 3.8) is 0 Å². The van der Waals surface area contributed by atoms with E-state index in [1.165, 1.54) is 0 Å². The van der Waals surface area contributed by atoms with Gasteiger partial charge in [0.2, 0.25) is 5.95 Å². The quantitative estimate of drug-likeness (QED) is 0.0860. The fraction of sp³-hybridized carbons (Fsp3) is 0.523. The summed E-state index contributed by atoms with van der Waals surface area (Å²) in [6.07, 6.45) is 8.09. The molecule has 5 atom stereocenters. The molecule has 1 saturated heterocycles. The van der Waals surface area contributed by atoms with E-state index in [4.69, 9.17) is 14.5 Å². The van der Waals surface area contributed by atoms with E-state index in [0.29, 0.717) is 61.0 Å². The maximum atomic E-state index is 14.2. The highest BCUT2D eigenvalue weighted by molar-refractivity contribution is 6.23. The second-order valence-electron chi connectivity index (χ2n) is 15.4. The summed E-state index contributed by atoms with van der Waals surface area (Å²) >= 11 is 0. The third-order valence-electron chi connectivity index (χ3n) is 11.3. The number of amides is 2. The zero-order valence-electron chi connectivity index (χ0n) is 33.5. The number of ether oxygens (including phenoxy) is 2. The molecule has 2 aliphatic heterocycles. The van der Waals surface area contributed by atoms with Crippen LogP contribution in [0.5, 0.6) is 0 Å². The van der Waals surface area contributed by atoms with E-state index in [9.17, 15) is 28.3 Å². The summed E-state index contributed by atoms with van der Waals surface area (Å²) in [5.41, 5.74) is 3.68. The molecule has 0 radical (unpaired) electrons. The zero-order valence-corrected chi connectivity index (χ0v) is 33.5. The molecule has 0 saturated carbocycles. The summed E-state index contributed by atoms with van der Waals surface area (Å²) in [5, 5.41) is 20.3. The minimum Gasteiger partial charge on any atom is -0.386 e. The molecule has 4 N–H and O–H groups in total. The van der Waals surface area contributed by atoms with Crippen molar-refractivity contribution >= 4 is 23.3 Å². The van der Waals surface area contributed by atoms with Gasteiger partial charge in [-0.3, -0.25) is 14.6 Å². The Morgan fingerprint density at radius 2 is 1.86 bits per heavy atom. The predicted octanol–water partition coefficient (Wildman–Crippen LogP) is 6.46. The van der Waals surface area contributed by atoms with Gasteiger partial charge < -0.3 is 30.5 Å². The van der Waals surface area contributed by atoms with Gasteiger partial charge in [-0.2, -0.15) is 4.39 Å². The molecular weight excluding hydrogens is 733 g/mol. The lowest BCUT2D eigenvalue weighted by Crippen LogP contribution is -2.50. The van der Waals surface area contributed by atoms with Crippen LogP contribution in [0.3, 0.4) is 0 Å². The van der Waals surface area contributed by atoms with Crippen LogP contribution in [0.25, 0.3) is 0 Å². The van der Waals surface area contributed by atoms with Gasteiger partial charge in [-0.25, -0.2) is 14.2 Å². The van der Waals surface area contributed by atoms with E-state index < -0.39 is 29.9 Å². The van der Waals surface area contributed by atoms with Crippen LogP contribution in [0.15, 0.2) is 82.2 Å². The Hall–Kier alpha value is -4.43. The molecule has 3 unspecified atom stereocenters. The van der Waals surface area contributed by atoms with Crippen molar-refractivity contribution < 1.29 is 37.7 Å². The Labute approximate surface area is 334 Å². The van der Waals surface area contributed by atoms with E-state index in [-0.39, 0.29) is 59.8 Å². The van der Waals surface area contributed by atoms with Gasteiger partial charge in [-0.15, -0.1) is 0 Å². The Morgan fingerprint density at radius 1 is 1.11 bits per heavy atom. The number of aliphatic hydroxyl groups excluding tert-OH is 1. The molecule has 3 heterocycles. The number of ketones is 2. The van der Waals surface area contributed by atoms with Gasteiger partial charge in [-0.1, -0.05) is 50.3 Å². The molecule has 308 valence electrons. The molecule has 3 aliphatic rings. The average Bonchev–Trinajstić information content (AvgIpc) is 3.32. The van der Waals surface area contributed by atoms with E-state index in [1.54, 1.807) is 13.2 Å². The van der Waals surface area contributed by atoms with E-state index in [2.05, 4.69) is 27.0 Å². The number of carbonyl (C=O) groups is 3. The van der Waals surface area contributed by atoms with Crippen molar-refractivity contribution in [2.75, 3.05) is 46.6 Å². The number of allylic oxidation sites excluding steroid dienone is 6. The van der Waals surface area contributed by atoms with Crippen LogP contribution in [0.4, 0.5) is 13.6 Å². The van der Waals surface area contributed by atoms with Crippen molar-refractivity contribution in [2.24, 2.45) is 22.7 Å². The largest absolute Gasteiger partial charge is 0.386 e. The Bertz CT molecular complexity index is 1840. The molecule has 2 aromatic rings. The van der Waals surface area contributed by atoms with E-state index in [0.717, 1.165) is 50.3 Å². The van der Waals surface area contributed by atoms with Crippen LogP contribution in [0.2, 0.25) is 0 Å². The van der Waals surface area contributed by atoms with Crippen LogP contribution in [0.1, 0.15) is 88.9 Å². The second kappa shape index (κ2) is 21.4. The third-order valence-corrected chi connectivity index (χ3v) is 11.3. The number of halogens is 2. The molecule has 2 amide bonds. The number of hydrogen-bond donors (Lipinski definition) is 4. The topological polar surface area (TPSA) is 151 Å². The fourth-order valence-electron chi connectivity index (χ4n) is 7.85. The van der Waals surface area contributed by atoms with Crippen molar-refractivity contribution in [3.05, 3.63) is 100 Å². The summed E-state index contributed by atoms with van der Waals surface area (Å²) in [5.74, 6) is -2.73. The summed E-state index contributed by atoms with van der Waals surface area (Å²) < 4.78 is 38.4. The number of pyridine rings is 1. The van der Waals surface area contributed by atoms with E-state index >= 15 is 0 Å². The normalized spacial score (nSPS) is 23.8. The van der Waals surface area contributed by atoms with Crippen LogP contribution >= 0.6 is 0 Å². The van der Waals surface area contributed by atoms with Crippen LogP contribution in [0, 0.1) is 29.5 Å². The molecule has 0 spiro atoms. The molecule has 1 fully saturated rings. The van der Waals surface area contributed by atoms with Gasteiger partial charge in [0, 0.05) is 82.1 Å². The molecule has 0 bridgehead atoms. The number of aromatic nitrogens is 1. The predicted molar refractivity (Wildman–Crippen MR) is 215 cm³/mol. The monoisotopic (exact) mass is 789 g/mol. The van der Waals surface area contributed by atoms with Gasteiger partial charge in [0.25, 0.3) is 0 Å². The molecule has 1 aromatic carbocycles. The number of urea groups is 1. The van der Waals surface area contributed by atoms with Crippen molar-refractivity contribution in [2.45, 2.75) is 83.8 Å². The van der Waals surface area contributed by atoms with Crippen molar-refractivity contribution in [1.29, 1.82) is 0 Å². The Balaban J connectivity index is 1.47. The minimum absolute atomic E-state index is 0.00913. The van der Waals surface area contributed by atoms with Crippen LogP contribution < -0.4 is 16.0 Å². The Kier molecular flexibility index (Phi) is 16.4. The molecule has 1 aromatic heterocycles. The molecular formula is C44H57F2N5O6. The van der Waals surface area contributed by atoms with E-state index in [1.807, 2.05) is 51.1 Å². The molecule has 5 rings (SSSR count). The standard InChI is InChI=1S/C44H57F2N5O6/c1-27-13-14-39(53)34(38(52)12-8-9-30-15-18-57-19-16-30)22-32(21-27)41-29(3)40(28(2)35(25-48-41)31-10-6-5-7-11-31)51-44(55)50-37(26-47-17-20-56-4)42(54)33-23-36(45)43(46)49-24-33/h5-7,10-11,21-24,27-28,30,35,37,42,47,54H,8-9,12-20,25-26H2,1-4H3,(H2,50,51,55)/b32-21+,34-22-/t27?,28?,35?,37-,42+/m1/s1. The fourth-order valence-corrected chi connectivity index (χ4v) is 7.85. The first-order valence-corrected chi connectivity index (χ1v) is 20.1. The van der Waals surface area contributed by atoms with Crippen LogP contribution in [-0.2, 0) is 19.1 Å². The van der Waals surface area contributed by atoms with Gasteiger partial charge in [0.1, 0.15) is 6.10 Å². The number of hydrogen-bond acceptors (Lipinski definition) is 9. The highest BCUT2D eigenvalue weighted by atomic mass is 19.2. The van der Waals surface area contributed by atoms with Gasteiger partial charge in [0.15, 0.2) is 17.4 Å². The SMILES string of the molecule is COCCNC[C@@H](NC(=O)NC1=C(C)C(C2=C/C(C)CCC(=O)/C(C(=O)CCCC3CCOCC3)=C\2)=NCC(c2ccccc2)C1C)[C@@H](O)c1cnc(F)c(F)c1. The number of carbonyl (C=O) groups excluding carboxylic acids is 3. The Morgan fingerprint density at radius 3 is 2.58 bits per heavy atom. The summed E-state index contributed by atoms with van der Waals surface area (Å²) in [4.78, 5) is 49.9. The number of methoxy groups -OCH3 is 1. The first-order valence-electron chi connectivity index (χ1n) is 20.1. The van der Waals surface area contributed by atoms with Gasteiger partial charge in [0.05, 0.1) is 23.9 Å². The molecule has 11 nitrogen and oxygen atoms in total. The highest BCUT2D eigenvalue weighted by Gasteiger charge is 2.32. The maximum Gasteiger partial charge on any atom is 0.319 e. The number of aliphatic hydroxyl groups is 1. The maximum absolute atomic E-state index is 14.2. The van der Waals surface area contributed by atoms with Gasteiger partial charge >= 0.3 is 6.03 Å². The number of Topliss-reactive ketones (excluding diaryl/α,β-unsaturated/α-hetero) is 2. The summed E-state index contributed by atoms with van der Waals surface area (Å²) in [6.45, 7) is 8.64. The third kappa shape index (κ3) is 12.0. The average molecular weight is 790 g/mol.